The third-order valence-corrected chi connectivity index (χ3v) is 2.28. The highest BCUT2D eigenvalue weighted by molar-refractivity contribution is 5.47. The van der Waals surface area contributed by atoms with Crippen LogP contribution < -0.4 is 10.5 Å². The fourth-order valence-electron chi connectivity index (χ4n) is 1.80. The molecule has 0 aromatic heterocycles. The molecule has 1 aromatic rings. The van der Waals surface area contributed by atoms with E-state index in [1.54, 1.807) is 0 Å². The van der Waals surface area contributed by atoms with Crippen LogP contribution >= 0.6 is 0 Å². The minimum atomic E-state index is 0.0700. The average Bonchev–Trinajstić information content (AvgIpc) is 2.31. The first-order valence-corrected chi connectivity index (χ1v) is 4.18. The van der Waals surface area contributed by atoms with Crippen molar-refractivity contribution in [3.63, 3.8) is 0 Å². The van der Waals surface area contributed by atoms with Crippen molar-refractivity contribution < 1.29 is 4.74 Å². The number of ether oxygens (including phenoxy) is 1. The molecule has 2 heteroatoms. The van der Waals surface area contributed by atoms with Crippen molar-refractivity contribution in [1.82, 2.24) is 0 Å². The molecular weight excluding hydrogens is 150 g/mol. The largest absolute Gasteiger partial charge is 0.491 e. The summed E-state index contributed by atoms with van der Waals surface area (Å²) in [6.07, 6.45) is 0. The lowest BCUT2D eigenvalue weighted by molar-refractivity contribution is 0.333. The minimum Gasteiger partial charge on any atom is -0.491 e. The van der Waals surface area contributed by atoms with Gasteiger partial charge in [-0.15, -0.1) is 0 Å². The Hall–Kier alpha value is -1.02. The first kappa shape index (κ1) is 7.62. The van der Waals surface area contributed by atoms with Gasteiger partial charge >= 0.3 is 0 Å². The van der Waals surface area contributed by atoms with Crippen LogP contribution in [0, 0.1) is 13.8 Å². The quantitative estimate of drug-likeness (QED) is 0.631. The van der Waals surface area contributed by atoms with Crippen LogP contribution in [0.2, 0.25) is 0 Å². The molecule has 0 unspecified atom stereocenters. The van der Waals surface area contributed by atoms with Gasteiger partial charge in [0, 0.05) is 5.56 Å². The van der Waals surface area contributed by atoms with Gasteiger partial charge in [-0.3, -0.25) is 0 Å². The molecule has 1 aromatic carbocycles. The number of rotatable bonds is 0. The molecule has 0 saturated heterocycles. The molecule has 2 rings (SSSR count). The number of hydrogen-bond donors (Lipinski definition) is 1. The maximum Gasteiger partial charge on any atom is 0.124 e. The van der Waals surface area contributed by atoms with Crippen LogP contribution in [0.4, 0.5) is 0 Å². The first-order chi connectivity index (χ1) is 5.68. The van der Waals surface area contributed by atoms with E-state index in [1.807, 2.05) is 0 Å². The van der Waals surface area contributed by atoms with Crippen molar-refractivity contribution in [3.05, 3.63) is 28.8 Å². The number of fused-ring (bicyclic) bond motifs is 1. The van der Waals surface area contributed by atoms with Crippen molar-refractivity contribution >= 4 is 0 Å². The van der Waals surface area contributed by atoms with E-state index in [9.17, 15) is 0 Å². The maximum atomic E-state index is 5.87. The van der Waals surface area contributed by atoms with Crippen molar-refractivity contribution in [2.24, 2.45) is 5.73 Å². The molecule has 2 N–H and O–H groups in total. The van der Waals surface area contributed by atoms with E-state index in [4.69, 9.17) is 10.5 Å². The molecule has 1 aliphatic heterocycles. The van der Waals surface area contributed by atoms with Crippen molar-refractivity contribution in [1.29, 1.82) is 0 Å². The third kappa shape index (κ3) is 0.994. The van der Waals surface area contributed by atoms with Crippen LogP contribution in [-0.2, 0) is 0 Å². The van der Waals surface area contributed by atoms with E-state index in [2.05, 4.69) is 26.0 Å². The molecule has 1 heterocycles. The number of hydrogen-bond acceptors (Lipinski definition) is 2. The summed E-state index contributed by atoms with van der Waals surface area (Å²) >= 11 is 0. The second-order valence-corrected chi connectivity index (χ2v) is 3.41. The lowest BCUT2D eigenvalue weighted by Gasteiger charge is -2.06. The minimum absolute atomic E-state index is 0.0700. The van der Waals surface area contributed by atoms with Gasteiger partial charge in [0.15, 0.2) is 0 Å². The standard InChI is InChI=1S/C10H13NO/c1-6-3-7(2)10-8(11)5-12-9(10)4-6/h3-4,8H,5,11H2,1-2H3/t8-/m0/s1. The second-order valence-electron chi connectivity index (χ2n) is 3.41. The van der Waals surface area contributed by atoms with Crippen molar-refractivity contribution in [2.45, 2.75) is 19.9 Å². The molecule has 0 aliphatic carbocycles. The molecule has 0 spiro atoms. The normalized spacial score (nSPS) is 20.4. The summed E-state index contributed by atoms with van der Waals surface area (Å²) in [5.74, 6) is 0.972. The van der Waals surface area contributed by atoms with Gasteiger partial charge < -0.3 is 10.5 Å². The Morgan fingerprint density at radius 1 is 1.42 bits per heavy atom. The molecular formula is C10H13NO. The highest BCUT2D eigenvalue weighted by Gasteiger charge is 2.22. The van der Waals surface area contributed by atoms with E-state index in [0.29, 0.717) is 6.61 Å². The molecule has 12 heavy (non-hydrogen) atoms. The lowest BCUT2D eigenvalue weighted by Crippen LogP contribution is -2.11. The van der Waals surface area contributed by atoms with Crippen LogP contribution in [0.5, 0.6) is 5.75 Å². The highest BCUT2D eigenvalue weighted by atomic mass is 16.5. The van der Waals surface area contributed by atoms with E-state index in [1.165, 1.54) is 16.7 Å². The van der Waals surface area contributed by atoms with E-state index < -0.39 is 0 Å². The highest BCUT2D eigenvalue weighted by Crippen LogP contribution is 2.34. The zero-order valence-electron chi connectivity index (χ0n) is 7.42. The molecule has 2 nitrogen and oxygen atoms in total. The van der Waals surface area contributed by atoms with Crippen LogP contribution in [0.15, 0.2) is 12.1 Å². The zero-order chi connectivity index (χ0) is 8.72. The van der Waals surface area contributed by atoms with E-state index >= 15 is 0 Å². The predicted octanol–water partition coefficient (Wildman–Crippen LogP) is 1.70. The fraction of sp³-hybridized carbons (Fsp3) is 0.400. The Bertz CT molecular complexity index is 320. The van der Waals surface area contributed by atoms with Gasteiger partial charge in [-0.1, -0.05) is 6.07 Å². The van der Waals surface area contributed by atoms with Gasteiger partial charge in [-0.05, 0) is 31.0 Å². The van der Waals surface area contributed by atoms with Crippen LogP contribution in [0.1, 0.15) is 22.7 Å². The number of nitrogens with two attached hydrogens (primary N) is 1. The zero-order valence-corrected chi connectivity index (χ0v) is 7.42. The van der Waals surface area contributed by atoms with Gasteiger partial charge in [0.25, 0.3) is 0 Å². The Morgan fingerprint density at radius 3 is 2.92 bits per heavy atom. The topological polar surface area (TPSA) is 35.2 Å². The van der Waals surface area contributed by atoms with Crippen molar-refractivity contribution in [2.75, 3.05) is 6.61 Å². The SMILES string of the molecule is Cc1cc(C)c2c(c1)OC[C@@H]2N. The van der Waals surface area contributed by atoms with E-state index in [0.717, 1.165) is 5.75 Å². The molecule has 0 saturated carbocycles. The number of aryl methyl sites for hydroxylation is 2. The molecule has 0 bridgehead atoms. The second kappa shape index (κ2) is 2.49. The van der Waals surface area contributed by atoms with Gasteiger partial charge in [0.1, 0.15) is 12.4 Å². The van der Waals surface area contributed by atoms with Gasteiger partial charge in [0.05, 0.1) is 6.04 Å². The predicted molar refractivity (Wildman–Crippen MR) is 48.3 cm³/mol. The van der Waals surface area contributed by atoms with Gasteiger partial charge in [-0.25, -0.2) is 0 Å². The monoisotopic (exact) mass is 163 g/mol. The Labute approximate surface area is 72.3 Å². The summed E-state index contributed by atoms with van der Waals surface area (Å²) in [7, 11) is 0. The summed E-state index contributed by atoms with van der Waals surface area (Å²) in [5, 5.41) is 0. The number of benzene rings is 1. The Kier molecular flexibility index (Phi) is 1.58. The molecule has 0 amide bonds. The molecule has 64 valence electrons. The Morgan fingerprint density at radius 2 is 2.17 bits per heavy atom. The lowest BCUT2D eigenvalue weighted by atomic mass is 10.0. The molecule has 0 radical (unpaired) electrons. The molecule has 0 fully saturated rings. The van der Waals surface area contributed by atoms with Crippen LogP contribution in [-0.4, -0.2) is 6.61 Å². The summed E-state index contributed by atoms with van der Waals surface area (Å²) in [5.41, 5.74) is 9.54. The third-order valence-electron chi connectivity index (χ3n) is 2.28. The summed E-state index contributed by atoms with van der Waals surface area (Å²) in [6.45, 7) is 4.78. The van der Waals surface area contributed by atoms with Gasteiger partial charge in [-0.2, -0.15) is 0 Å². The summed E-state index contributed by atoms with van der Waals surface area (Å²) in [6, 6.07) is 4.27. The fourth-order valence-corrected chi connectivity index (χ4v) is 1.80. The van der Waals surface area contributed by atoms with Crippen LogP contribution in [0.25, 0.3) is 0 Å². The maximum absolute atomic E-state index is 5.87. The van der Waals surface area contributed by atoms with Crippen LogP contribution in [0.3, 0.4) is 0 Å². The Balaban J connectivity index is 2.60. The molecule has 1 atom stereocenters. The summed E-state index contributed by atoms with van der Waals surface area (Å²) in [4.78, 5) is 0. The molecule has 1 aliphatic rings. The summed E-state index contributed by atoms with van der Waals surface area (Å²) < 4.78 is 5.45. The first-order valence-electron chi connectivity index (χ1n) is 4.18. The van der Waals surface area contributed by atoms with Gasteiger partial charge in [0.2, 0.25) is 0 Å². The smallest absolute Gasteiger partial charge is 0.124 e. The van der Waals surface area contributed by atoms with E-state index in [-0.39, 0.29) is 6.04 Å². The van der Waals surface area contributed by atoms with Crippen molar-refractivity contribution in [3.8, 4) is 5.75 Å². The average molecular weight is 163 g/mol.